The van der Waals surface area contributed by atoms with Crippen LogP contribution in [0.4, 0.5) is 0 Å². The molecule has 1 saturated carbocycles. The number of aryl methyl sites for hydroxylation is 1. The van der Waals surface area contributed by atoms with Gasteiger partial charge in [0.15, 0.2) is 5.82 Å². The zero-order valence-electron chi connectivity index (χ0n) is 11.4. The Kier molecular flexibility index (Phi) is 4.52. The van der Waals surface area contributed by atoms with Crippen molar-refractivity contribution in [2.24, 2.45) is 5.73 Å². The molecular weight excluding hydrogens is 246 g/mol. The van der Waals surface area contributed by atoms with E-state index in [0.29, 0.717) is 18.1 Å². The lowest BCUT2D eigenvalue weighted by Gasteiger charge is -2.23. The van der Waals surface area contributed by atoms with Crippen LogP contribution in [0.2, 0.25) is 0 Å². The second-order valence-corrected chi connectivity index (χ2v) is 5.16. The second kappa shape index (κ2) is 6.14. The van der Waals surface area contributed by atoms with Crippen molar-refractivity contribution in [1.82, 2.24) is 10.1 Å². The van der Waals surface area contributed by atoms with Crippen molar-refractivity contribution in [2.75, 3.05) is 7.11 Å². The van der Waals surface area contributed by atoms with Crippen molar-refractivity contribution in [3.63, 3.8) is 0 Å². The third-order valence-electron chi connectivity index (χ3n) is 3.68. The zero-order valence-corrected chi connectivity index (χ0v) is 11.4. The van der Waals surface area contributed by atoms with Gasteiger partial charge in [-0.2, -0.15) is 4.98 Å². The molecule has 0 amide bonds. The van der Waals surface area contributed by atoms with Crippen molar-refractivity contribution in [1.29, 1.82) is 0 Å². The van der Waals surface area contributed by atoms with E-state index in [1.807, 2.05) is 0 Å². The number of carbonyl (C=O) groups is 1. The van der Waals surface area contributed by atoms with E-state index in [0.717, 1.165) is 25.7 Å². The summed E-state index contributed by atoms with van der Waals surface area (Å²) in [4.78, 5) is 15.4. The van der Waals surface area contributed by atoms with Crippen LogP contribution < -0.4 is 5.73 Å². The first-order valence-corrected chi connectivity index (χ1v) is 6.83. The number of hydrogen-bond donors (Lipinski definition) is 1. The molecule has 1 aliphatic rings. The molecule has 0 atom stereocenters. The molecule has 1 aromatic heterocycles. The van der Waals surface area contributed by atoms with Crippen LogP contribution in [0.3, 0.4) is 0 Å². The number of methoxy groups -OCH3 is 1. The summed E-state index contributed by atoms with van der Waals surface area (Å²) in [6.45, 7) is 0. The second-order valence-electron chi connectivity index (χ2n) is 5.16. The van der Waals surface area contributed by atoms with E-state index in [4.69, 9.17) is 10.3 Å². The number of nitrogens with two attached hydrogens (primary N) is 1. The summed E-state index contributed by atoms with van der Waals surface area (Å²) in [7, 11) is 1.36. The normalized spacial score (nSPS) is 18.8. The van der Waals surface area contributed by atoms with Gasteiger partial charge < -0.3 is 15.0 Å². The fourth-order valence-corrected chi connectivity index (χ4v) is 2.45. The molecule has 6 heteroatoms. The summed E-state index contributed by atoms with van der Waals surface area (Å²) in [6, 6.07) is 0. The Morgan fingerprint density at radius 3 is 2.68 bits per heavy atom. The highest BCUT2D eigenvalue weighted by molar-refractivity contribution is 5.69. The summed E-state index contributed by atoms with van der Waals surface area (Å²) in [6.07, 6.45) is 7.06. The van der Waals surface area contributed by atoms with Crippen LogP contribution in [0, 0.1) is 0 Å². The van der Waals surface area contributed by atoms with Crippen LogP contribution >= 0.6 is 0 Å². The Balaban J connectivity index is 2.00. The molecule has 106 valence electrons. The molecule has 1 aliphatic carbocycles. The van der Waals surface area contributed by atoms with Gasteiger partial charge in [-0.1, -0.05) is 30.8 Å². The van der Waals surface area contributed by atoms with E-state index in [1.165, 1.54) is 20.0 Å². The summed E-state index contributed by atoms with van der Waals surface area (Å²) in [5, 5.41) is 3.99. The van der Waals surface area contributed by atoms with Crippen LogP contribution in [-0.2, 0) is 21.5 Å². The Hall–Kier alpha value is -1.43. The number of hydrogen-bond acceptors (Lipinski definition) is 6. The highest BCUT2D eigenvalue weighted by Crippen LogP contribution is 2.31. The molecule has 1 heterocycles. The third-order valence-corrected chi connectivity index (χ3v) is 3.68. The van der Waals surface area contributed by atoms with Crippen LogP contribution in [0.15, 0.2) is 4.52 Å². The van der Waals surface area contributed by atoms with Gasteiger partial charge in [0.1, 0.15) is 0 Å². The third kappa shape index (κ3) is 3.53. The predicted octanol–water partition coefficient (Wildman–Crippen LogP) is 1.68. The van der Waals surface area contributed by atoms with Gasteiger partial charge in [0.2, 0.25) is 5.89 Å². The fraction of sp³-hybridized carbons (Fsp3) is 0.769. The van der Waals surface area contributed by atoms with Crippen molar-refractivity contribution in [3.05, 3.63) is 11.7 Å². The smallest absolute Gasteiger partial charge is 0.306 e. The molecule has 0 aromatic carbocycles. The molecular formula is C13H21N3O3. The van der Waals surface area contributed by atoms with Gasteiger partial charge in [-0.3, -0.25) is 4.79 Å². The van der Waals surface area contributed by atoms with Crippen LogP contribution in [0.1, 0.15) is 56.7 Å². The van der Waals surface area contributed by atoms with Crippen LogP contribution in [-0.4, -0.2) is 23.2 Å². The maximum absolute atomic E-state index is 11.1. The molecule has 0 aliphatic heterocycles. The highest BCUT2D eigenvalue weighted by atomic mass is 16.5. The number of ether oxygens (including phenoxy) is 1. The predicted molar refractivity (Wildman–Crippen MR) is 68.2 cm³/mol. The van der Waals surface area contributed by atoms with Gasteiger partial charge in [0.25, 0.3) is 0 Å². The van der Waals surface area contributed by atoms with E-state index >= 15 is 0 Å². The summed E-state index contributed by atoms with van der Waals surface area (Å²) in [5.41, 5.74) is 5.93. The van der Waals surface area contributed by atoms with E-state index in [-0.39, 0.29) is 12.4 Å². The molecule has 1 fully saturated rings. The minimum Gasteiger partial charge on any atom is -0.469 e. The standard InChI is InChI=1S/C13H21N3O3/c1-18-11(17)7-6-10-15-12(16-19-10)13(14)8-4-2-3-5-9-13/h2-9,14H2,1H3. The SMILES string of the molecule is COC(=O)CCc1nc(C2(N)CCCCCC2)no1. The maximum atomic E-state index is 11.1. The van der Waals surface area contributed by atoms with E-state index in [2.05, 4.69) is 14.9 Å². The van der Waals surface area contributed by atoms with E-state index in [1.54, 1.807) is 0 Å². The average Bonchev–Trinajstić information content (AvgIpc) is 2.79. The first kappa shape index (κ1) is 14.0. The highest BCUT2D eigenvalue weighted by Gasteiger charge is 2.33. The largest absolute Gasteiger partial charge is 0.469 e. The maximum Gasteiger partial charge on any atom is 0.306 e. The quantitative estimate of drug-likeness (QED) is 0.659. The lowest BCUT2D eigenvalue weighted by molar-refractivity contribution is -0.140. The molecule has 0 unspecified atom stereocenters. The first-order chi connectivity index (χ1) is 9.14. The number of carbonyl (C=O) groups excluding carboxylic acids is 1. The monoisotopic (exact) mass is 267 g/mol. The van der Waals surface area contributed by atoms with Crippen molar-refractivity contribution in [3.8, 4) is 0 Å². The molecule has 2 N–H and O–H groups in total. The van der Waals surface area contributed by atoms with Gasteiger partial charge in [0.05, 0.1) is 19.1 Å². The topological polar surface area (TPSA) is 91.2 Å². The average molecular weight is 267 g/mol. The van der Waals surface area contributed by atoms with E-state index in [9.17, 15) is 4.79 Å². The van der Waals surface area contributed by atoms with Gasteiger partial charge in [0, 0.05) is 6.42 Å². The Labute approximate surface area is 112 Å². The van der Waals surface area contributed by atoms with Gasteiger partial charge in [-0.15, -0.1) is 0 Å². The Bertz CT molecular complexity index is 423. The molecule has 0 bridgehead atoms. The molecule has 0 saturated heterocycles. The number of nitrogens with zero attached hydrogens (tertiary/aromatic N) is 2. The van der Waals surface area contributed by atoms with Gasteiger partial charge >= 0.3 is 5.97 Å². The Morgan fingerprint density at radius 2 is 2.05 bits per heavy atom. The lowest BCUT2D eigenvalue weighted by Crippen LogP contribution is -2.37. The first-order valence-electron chi connectivity index (χ1n) is 6.83. The van der Waals surface area contributed by atoms with Gasteiger partial charge in [-0.25, -0.2) is 0 Å². The molecule has 19 heavy (non-hydrogen) atoms. The zero-order chi connectivity index (χ0) is 13.7. The van der Waals surface area contributed by atoms with E-state index < -0.39 is 5.54 Å². The number of aromatic nitrogens is 2. The molecule has 2 rings (SSSR count). The van der Waals surface area contributed by atoms with Crippen molar-refractivity contribution < 1.29 is 14.1 Å². The minimum atomic E-state index is -0.469. The van der Waals surface area contributed by atoms with Crippen LogP contribution in [0.5, 0.6) is 0 Å². The number of esters is 1. The number of rotatable bonds is 4. The lowest BCUT2D eigenvalue weighted by atomic mass is 9.91. The summed E-state index contributed by atoms with van der Waals surface area (Å²) in [5.74, 6) is 0.750. The molecule has 1 aromatic rings. The van der Waals surface area contributed by atoms with Crippen molar-refractivity contribution in [2.45, 2.75) is 56.9 Å². The van der Waals surface area contributed by atoms with Crippen molar-refractivity contribution >= 4 is 5.97 Å². The summed E-state index contributed by atoms with van der Waals surface area (Å²) < 4.78 is 9.75. The minimum absolute atomic E-state index is 0.246. The van der Waals surface area contributed by atoms with Gasteiger partial charge in [-0.05, 0) is 12.8 Å². The molecule has 0 radical (unpaired) electrons. The molecule has 6 nitrogen and oxygen atoms in total. The fourth-order valence-electron chi connectivity index (χ4n) is 2.45. The van der Waals surface area contributed by atoms with Crippen LogP contribution in [0.25, 0.3) is 0 Å². The molecule has 0 spiro atoms. The Morgan fingerprint density at radius 1 is 1.37 bits per heavy atom. The summed E-state index contributed by atoms with van der Waals surface area (Å²) >= 11 is 0.